The molecule has 4 heteroatoms. The van der Waals surface area contributed by atoms with Gasteiger partial charge >= 0.3 is 0 Å². The molecule has 100 valence electrons. The number of furan rings is 1. The summed E-state index contributed by atoms with van der Waals surface area (Å²) in [5.41, 5.74) is 0. The van der Waals surface area contributed by atoms with E-state index in [1.807, 2.05) is 0 Å². The van der Waals surface area contributed by atoms with E-state index in [4.69, 9.17) is 4.42 Å². The van der Waals surface area contributed by atoms with Crippen LogP contribution in [-0.2, 0) is 0 Å². The molecule has 1 aliphatic rings. The Morgan fingerprint density at radius 2 is 2.28 bits per heavy atom. The van der Waals surface area contributed by atoms with Crippen molar-refractivity contribution >= 4 is 5.78 Å². The topological polar surface area (TPSA) is 45.5 Å². The monoisotopic (exact) mass is 250 g/mol. The summed E-state index contributed by atoms with van der Waals surface area (Å²) in [7, 11) is 0. The Bertz CT molecular complexity index is 356. The van der Waals surface area contributed by atoms with Gasteiger partial charge in [0.15, 0.2) is 5.76 Å². The van der Waals surface area contributed by atoms with Crippen molar-refractivity contribution < 1.29 is 9.21 Å². The molecule has 0 saturated carbocycles. The summed E-state index contributed by atoms with van der Waals surface area (Å²) in [5.74, 6) is 0.567. The highest BCUT2D eigenvalue weighted by Gasteiger charge is 2.23. The zero-order valence-corrected chi connectivity index (χ0v) is 11.0. The Hall–Kier alpha value is -1.13. The Morgan fingerprint density at radius 3 is 2.89 bits per heavy atom. The number of hydrogen-bond acceptors (Lipinski definition) is 4. The van der Waals surface area contributed by atoms with Crippen molar-refractivity contribution in [1.82, 2.24) is 10.2 Å². The van der Waals surface area contributed by atoms with Gasteiger partial charge in [0.2, 0.25) is 5.78 Å². The van der Waals surface area contributed by atoms with Gasteiger partial charge in [-0.2, -0.15) is 0 Å². The van der Waals surface area contributed by atoms with Crippen molar-refractivity contribution in [3.05, 3.63) is 24.2 Å². The minimum absolute atomic E-state index is 0.0898. The van der Waals surface area contributed by atoms with Crippen LogP contribution in [0, 0.1) is 0 Å². The number of hydrogen-bond donors (Lipinski definition) is 1. The molecular weight excluding hydrogens is 228 g/mol. The number of ketones is 1. The molecule has 2 heterocycles. The van der Waals surface area contributed by atoms with Crippen LogP contribution in [0.5, 0.6) is 0 Å². The predicted octanol–water partition coefficient (Wildman–Crippen LogP) is 1.93. The van der Waals surface area contributed by atoms with Crippen molar-refractivity contribution in [2.45, 2.75) is 32.2 Å². The maximum atomic E-state index is 12.1. The quantitative estimate of drug-likeness (QED) is 0.784. The maximum absolute atomic E-state index is 12.1. The molecule has 0 unspecified atom stereocenters. The number of Topliss-reactive ketones (excluding diaryl/α,β-unsaturated/α-hetero) is 1. The van der Waals surface area contributed by atoms with Crippen molar-refractivity contribution in [2.75, 3.05) is 26.2 Å². The normalized spacial score (nSPS) is 17.2. The second-order valence-corrected chi connectivity index (χ2v) is 4.85. The Kier molecular flexibility index (Phi) is 4.96. The molecule has 1 aliphatic heterocycles. The summed E-state index contributed by atoms with van der Waals surface area (Å²) in [4.78, 5) is 14.4. The number of piperidine rings is 1. The van der Waals surface area contributed by atoms with E-state index >= 15 is 0 Å². The molecule has 0 aliphatic carbocycles. The summed E-state index contributed by atoms with van der Waals surface area (Å²) >= 11 is 0. The van der Waals surface area contributed by atoms with E-state index in [2.05, 4.69) is 17.1 Å². The first kappa shape index (κ1) is 13.3. The van der Waals surface area contributed by atoms with Crippen LogP contribution in [0.3, 0.4) is 0 Å². The average Bonchev–Trinajstić information content (AvgIpc) is 2.93. The van der Waals surface area contributed by atoms with Crippen LogP contribution in [0.1, 0.15) is 36.7 Å². The van der Waals surface area contributed by atoms with Gasteiger partial charge < -0.3 is 9.73 Å². The highest BCUT2D eigenvalue weighted by atomic mass is 16.3. The molecule has 18 heavy (non-hydrogen) atoms. The minimum atomic E-state index is 0.0898. The first-order valence-corrected chi connectivity index (χ1v) is 6.82. The van der Waals surface area contributed by atoms with Crippen LogP contribution in [-0.4, -0.2) is 42.9 Å². The van der Waals surface area contributed by atoms with Crippen molar-refractivity contribution in [3.8, 4) is 0 Å². The third-order valence-corrected chi connectivity index (χ3v) is 3.48. The van der Waals surface area contributed by atoms with E-state index in [-0.39, 0.29) is 5.78 Å². The molecular formula is C14H22N2O2. The first-order chi connectivity index (χ1) is 8.81. The number of nitrogens with one attached hydrogen (secondary N) is 1. The van der Waals surface area contributed by atoms with Gasteiger partial charge in [0.1, 0.15) is 0 Å². The lowest BCUT2D eigenvalue weighted by atomic mass is 10.0. The zero-order valence-electron chi connectivity index (χ0n) is 11.0. The van der Waals surface area contributed by atoms with Gasteiger partial charge in [-0.3, -0.25) is 9.69 Å². The second-order valence-electron chi connectivity index (χ2n) is 4.85. The van der Waals surface area contributed by atoms with Gasteiger partial charge in [0.25, 0.3) is 0 Å². The van der Waals surface area contributed by atoms with E-state index in [0.29, 0.717) is 18.3 Å². The lowest BCUT2D eigenvalue weighted by molar-refractivity contribution is 0.0838. The second kappa shape index (κ2) is 6.71. The Labute approximate surface area is 108 Å². The summed E-state index contributed by atoms with van der Waals surface area (Å²) in [6.45, 7) is 5.73. The predicted molar refractivity (Wildman–Crippen MR) is 70.8 cm³/mol. The fraction of sp³-hybridized carbons (Fsp3) is 0.643. The van der Waals surface area contributed by atoms with Crippen LogP contribution in [0.2, 0.25) is 0 Å². The maximum Gasteiger partial charge on any atom is 0.211 e. The number of rotatable bonds is 6. The van der Waals surface area contributed by atoms with E-state index in [9.17, 15) is 4.79 Å². The molecule has 0 bridgehead atoms. The van der Waals surface area contributed by atoms with Gasteiger partial charge in [0.05, 0.1) is 12.8 Å². The third kappa shape index (κ3) is 3.43. The summed E-state index contributed by atoms with van der Waals surface area (Å²) in [6.07, 6.45) is 4.90. The van der Waals surface area contributed by atoms with Crippen molar-refractivity contribution in [2.24, 2.45) is 0 Å². The number of carbonyl (C=O) groups excluding carboxylic acids is 1. The van der Waals surface area contributed by atoms with Crippen LogP contribution in [0.25, 0.3) is 0 Å². The molecule has 1 N–H and O–H groups in total. The molecule has 2 rings (SSSR count). The van der Waals surface area contributed by atoms with Gasteiger partial charge in [-0.25, -0.2) is 0 Å². The van der Waals surface area contributed by atoms with E-state index in [1.165, 1.54) is 0 Å². The van der Waals surface area contributed by atoms with E-state index in [1.54, 1.807) is 18.4 Å². The largest absolute Gasteiger partial charge is 0.461 e. The van der Waals surface area contributed by atoms with Gasteiger partial charge in [-0.15, -0.1) is 0 Å². The summed E-state index contributed by atoms with van der Waals surface area (Å²) in [5, 5.41) is 3.36. The van der Waals surface area contributed by atoms with Gasteiger partial charge in [-0.05, 0) is 51.0 Å². The van der Waals surface area contributed by atoms with Crippen molar-refractivity contribution in [3.63, 3.8) is 0 Å². The molecule has 4 nitrogen and oxygen atoms in total. The fourth-order valence-corrected chi connectivity index (χ4v) is 2.55. The third-order valence-electron chi connectivity index (χ3n) is 3.48. The van der Waals surface area contributed by atoms with Crippen LogP contribution in [0.4, 0.5) is 0 Å². The molecule has 1 aromatic heterocycles. The molecule has 0 amide bonds. The lowest BCUT2D eigenvalue weighted by Gasteiger charge is -2.33. The smallest absolute Gasteiger partial charge is 0.211 e. The minimum Gasteiger partial charge on any atom is -0.461 e. The number of nitrogens with zero attached hydrogens (tertiary/aromatic N) is 1. The van der Waals surface area contributed by atoms with Gasteiger partial charge in [0, 0.05) is 6.04 Å². The molecule has 1 aromatic rings. The lowest BCUT2D eigenvalue weighted by Crippen LogP contribution is -2.45. The SMILES string of the molecule is CCCN(CC(=O)c1ccco1)C1CCNCC1. The number of carbonyl (C=O) groups is 1. The van der Waals surface area contributed by atoms with Crippen LogP contribution >= 0.6 is 0 Å². The van der Waals surface area contributed by atoms with Crippen LogP contribution < -0.4 is 5.32 Å². The highest BCUT2D eigenvalue weighted by molar-refractivity contribution is 5.95. The standard InChI is InChI=1S/C14H22N2O2/c1-2-9-16(12-5-7-15-8-6-12)11-13(17)14-4-3-10-18-14/h3-4,10,12,15H,2,5-9,11H2,1H3. The molecule has 1 saturated heterocycles. The molecule has 0 radical (unpaired) electrons. The van der Waals surface area contributed by atoms with Gasteiger partial charge in [-0.1, -0.05) is 6.92 Å². The van der Waals surface area contributed by atoms with E-state index in [0.717, 1.165) is 38.9 Å². The van der Waals surface area contributed by atoms with Crippen LogP contribution in [0.15, 0.2) is 22.8 Å². The molecule has 1 fully saturated rings. The van der Waals surface area contributed by atoms with E-state index < -0.39 is 0 Å². The Balaban J connectivity index is 1.94. The highest BCUT2D eigenvalue weighted by Crippen LogP contribution is 2.13. The Morgan fingerprint density at radius 1 is 1.50 bits per heavy atom. The molecule has 0 atom stereocenters. The van der Waals surface area contributed by atoms with Crippen molar-refractivity contribution in [1.29, 1.82) is 0 Å². The fourth-order valence-electron chi connectivity index (χ4n) is 2.55. The summed E-state index contributed by atoms with van der Waals surface area (Å²) < 4.78 is 5.17. The summed E-state index contributed by atoms with van der Waals surface area (Å²) in [6, 6.07) is 4.04. The molecule has 0 aromatic carbocycles. The zero-order chi connectivity index (χ0) is 12.8. The average molecular weight is 250 g/mol. The molecule has 0 spiro atoms. The first-order valence-electron chi connectivity index (χ1n) is 6.82.